The van der Waals surface area contributed by atoms with Crippen LogP contribution in [0.5, 0.6) is 0 Å². The molecule has 0 spiro atoms. The number of nitrogens with two attached hydrogens (primary N) is 1. The van der Waals surface area contributed by atoms with Crippen molar-refractivity contribution in [1.82, 2.24) is 4.90 Å². The van der Waals surface area contributed by atoms with Gasteiger partial charge in [0.15, 0.2) is 4.67 Å². The first kappa shape index (κ1) is 12.7. The van der Waals surface area contributed by atoms with Crippen LogP contribution in [0.15, 0.2) is 21.2 Å². The number of primary amides is 1. The highest BCUT2D eigenvalue weighted by Gasteiger charge is 2.14. The number of hydrogen-bond acceptors (Lipinski definition) is 4. The second-order valence-corrected chi connectivity index (χ2v) is 3.99. The molecule has 0 aliphatic carbocycles. The largest absolute Gasteiger partial charge is 0.480 e. The van der Waals surface area contributed by atoms with E-state index >= 15 is 0 Å². The molecule has 0 aliphatic rings. The van der Waals surface area contributed by atoms with E-state index in [1.54, 1.807) is 12.1 Å². The van der Waals surface area contributed by atoms with Gasteiger partial charge in [-0.1, -0.05) is 0 Å². The number of carbonyl (C=O) groups excluding carboxylic acids is 1. The van der Waals surface area contributed by atoms with Crippen molar-refractivity contribution in [3.63, 3.8) is 0 Å². The molecular formula is C9H11BrN2O4. The Morgan fingerprint density at radius 2 is 2.12 bits per heavy atom. The highest BCUT2D eigenvalue weighted by atomic mass is 79.9. The lowest BCUT2D eigenvalue weighted by Crippen LogP contribution is -2.36. The predicted octanol–water partition coefficient (Wildman–Crippen LogP) is 0.414. The maximum absolute atomic E-state index is 10.7. The predicted molar refractivity (Wildman–Crippen MR) is 58.5 cm³/mol. The summed E-state index contributed by atoms with van der Waals surface area (Å²) in [6, 6.07) is 3.39. The highest BCUT2D eigenvalue weighted by molar-refractivity contribution is 9.10. The Bertz CT molecular complexity index is 375. The Morgan fingerprint density at radius 3 is 2.56 bits per heavy atom. The van der Waals surface area contributed by atoms with Crippen LogP contribution in [0, 0.1) is 0 Å². The van der Waals surface area contributed by atoms with Crippen molar-refractivity contribution < 1.29 is 19.1 Å². The average Bonchev–Trinajstić information content (AvgIpc) is 2.48. The number of aliphatic carboxylic acids is 1. The molecular weight excluding hydrogens is 280 g/mol. The molecule has 7 heteroatoms. The zero-order valence-electron chi connectivity index (χ0n) is 8.35. The van der Waals surface area contributed by atoms with Crippen molar-refractivity contribution in [1.29, 1.82) is 0 Å². The van der Waals surface area contributed by atoms with Crippen molar-refractivity contribution in [2.24, 2.45) is 5.73 Å². The van der Waals surface area contributed by atoms with Crippen molar-refractivity contribution in [2.75, 3.05) is 13.1 Å². The summed E-state index contributed by atoms with van der Waals surface area (Å²) in [5, 5.41) is 8.65. The van der Waals surface area contributed by atoms with Crippen LogP contribution in [0.1, 0.15) is 5.76 Å². The molecule has 0 saturated carbocycles. The monoisotopic (exact) mass is 290 g/mol. The van der Waals surface area contributed by atoms with E-state index in [0.29, 0.717) is 10.4 Å². The van der Waals surface area contributed by atoms with Crippen molar-refractivity contribution in [3.8, 4) is 0 Å². The van der Waals surface area contributed by atoms with Crippen LogP contribution in [0.25, 0.3) is 0 Å². The molecule has 1 aromatic rings. The number of halogens is 1. The number of carboxylic acids is 1. The summed E-state index contributed by atoms with van der Waals surface area (Å²) in [5.74, 6) is -1.03. The first-order valence-electron chi connectivity index (χ1n) is 4.44. The lowest BCUT2D eigenvalue weighted by molar-refractivity contribution is -0.138. The minimum Gasteiger partial charge on any atom is -0.480 e. The molecule has 1 rings (SSSR count). The van der Waals surface area contributed by atoms with Crippen molar-refractivity contribution >= 4 is 27.8 Å². The molecule has 0 unspecified atom stereocenters. The maximum Gasteiger partial charge on any atom is 0.317 e. The molecule has 0 bridgehead atoms. The SMILES string of the molecule is NC(=O)CN(CC(=O)O)Cc1ccc(Br)o1. The number of carbonyl (C=O) groups is 2. The van der Waals surface area contributed by atoms with Gasteiger partial charge in [0, 0.05) is 0 Å². The van der Waals surface area contributed by atoms with Gasteiger partial charge in [-0.2, -0.15) is 0 Å². The molecule has 1 amide bonds. The molecule has 16 heavy (non-hydrogen) atoms. The molecule has 1 aromatic heterocycles. The number of furan rings is 1. The van der Waals surface area contributed by atoms with Gasteiger partial charge in [-0.15, -0.1) is 0 Å². The zero-order chi connectivity index (χ0) is 12.1. The fourth-order valence-electron chi connectivity index (χ4n) is 1.24. The molecule has 0 fully saturated rings. The smallest absolute Gasteiger partial charge is 0.317 e. The van der Waals surface area contributed by atoms with E-state index < -0.39 is 11.9 Å². The average molecular weight is 291 g/mol. The molecule has 0 aliphatic heterocycles. The molecule has 0 atom stereocenters. The normalized spacial score (nSPS) is 10.6. The van der Waals surface area contributed by atoms with Gasteiger partial charge >= 0.3 is 5.97 Å². The quantitative estimate of drug-likeness (QED) is 0.791. The van der Waals surface area contributed by atoms with E-state index in [0.717, 1.165) is 0 Å². The number of carboxylic acid groups (broad SMARTS) is 1. The summed E-state index contributed by atoms with van der Waals surface area (Å²) in [6.07, 6.45) is 0. The second-order valence-electron chi connectivity index (χ2n) is 3.21. The van der Waals surface area contributed by atoms with Gasteiger partial charge in [0.1, 0.15) is 5.76 Å². The van der Waals surface area contributed by atoms with Gasteiger partial charge < -0.3 is 15.3 Å². The molecule has 3 N–H and O–H groups in total. The van der Waals surface area contributed by atoms with Crippen LogP contribution in [0.4, 0.5) is 0 Å². The van der Waals surface area contributed by atoms with E-state index in [-0.39, 0.29) is 19.6 Å². The fourth-order valence-corrected chi connectivity index (χ4v) is 1.58. The first-order chi connectivity index (χ1) is 7.47. The van der Waals surface area contributed by atoms with E-state index in [1.165, 1.54) is 4.90 Å². The summed E-state index contributed by atoms with van der Waals surface area (Å²) in [7, 11) is 0. The van der Waals surface area contributed by atoms with Crippen molar-refractivity contribution in [3.05, 3.63) is 22.6 Å². The molecule has 0 aromatic carbocycles. The van der Waals surface area contributed by atoms with Crippen LogP contribution in [0.2, 0.25) is 0 Å². The number of nitrogens with zero attached hydrogens (tertiary/aromatic N) is 1. The van der Waals surface area contributed by atoms with Crippen LogP contribution in [-0.4, -0.2) is 35.0 Å². The van der Waals surface area contributed by atoms with Crippen LogP contribution < -0.4 is 5.73 Å². The minimum atomic E-state index is -1.02. The standard InChI is InChI=1S/C9H11BrN2O4/c10-7-2-1-6(16-7)3-12(4-8(11)13)5-9(14)15/h1-2H,3-5H2,(H2,11,13)(H,14,15). The Balaban J connectivity index is 2.62. The van der Waals surface area contributed by atoms with Crippen molar-refractivity contribution in [2.45, 2.75) is 6.54 Å². The molecule has 88 valence electrons. The Morgan fingerprint density at radius 1 is 1.44 bits per heavy atom. The van der Waals surface area contributed by atoms with Gasteiger partial charge in [-0.3, -0.25) is 14.5 Å². The van der Waals surface area contributed by atoms with Gasteiger partial charge in [0.25, 0.3) is 0 Å². The highest BCUT2D eigenvalue weighted by Crippen LogP contribution is 2.15. The summed E-state index contributed by atoms with van der Waals surface area (Å²) in [6.45, 7) is -0.160. The number of rotatable bonds is 6. The van der Waals surface area contributed by atoms with E-state index in [4.69, 9.17) is 15.3 Å². The lowest BCUT2D eigenvalue weighted by Gasteiger charge is -2.16. The van der Waals surface area contributed by atoms with E-state index in [2.05, 4.69) is 15.9 Å². The lowest BCUT2D eigenvalue weighted by atomic mass is 10.3. The first-order valence-corrected chi connectivity index (χ1v) is 5.23. The van der Waals surface area contributed by atoms with Crippen LogP contribution in [0.3, 0.4) is 0 Å². The third-order valence-electron chi connectivity index (χ3n) is 1.75. The molecule has 1 heterocycles. The Labute approximate surface area is 100 Å². The van der Waals surface area contributed by atoms with E-state index in [9.17, 15) is 9.59 Å². The molecule has 0 saturated heterocycles. The minimum absolute atomic E-state index is 0.120. The summed E-state index contributed by atoms with van der Waals surface area (Å²) in [5.41, 5.74) is 5.01. The zero-order valence-corrected chi connectivity index (χ0v) is 9.94. The fraction of sp³-hybridized carbons (Fsp3) is 0.333. The van der Waals surface area contributed by atoms with Gasteiger partial charge in [-0.25, -0.2) is 0 Å². The second kappa shape index (κ2) is 5.66. The van der Waals surface area contributed by atoms with Crippen LogP contribution in [-0.2, 0) is 16.1 Å². The van der Waals surface area contributed by atoms with Crippen LogP contribution >= 0.6 is 15.9 Å². The van der Waals surface area contributed by atoms with Gasteiger partial charge in [0.2, 0.25) is 5.91 Å². The molecule has 6 nitrogen and oxygen atoms in total. The Hall–Kier alpha value is -1.34. The summed E-state index contributed by atoms with van der Waals surface area (Å²) < 4.78 is 5.76. The third-order valence-corrected chi connectivity index (χ3v) is 2.17. The summed E-state index contributed by atoms with van der Waals surface area (Å²) in [4.78, 5) is 22.7. The summed E-state index contributed by atoms with van der Waals surface area (Å²) >= 11 is 3.13. The number of hydrogen-bond donors (Lipinski definition) is 2. The topological polar surface area (TPSA) is 96.8 Å². The Kier molecular flexibility index (Phi) is 4.51. The third kappa shape index (κ3) is 4.45. The molecule has 0 radical (unpaired) electrons. The number of amides is 1. The van der Waals surface area contributed by atoms with Gasteiger partial charge in [0.05, 0.1) is 19.6 Å². The van der Waals surface area contributed by atoms with Gasteiger partial charge in [-0.05, 0) is 28.1 Å². The van der Waals surface area contributed by atoms with E-state index in [1.807, 2.05) is 0 Å². The maximum atomic E-state index is 10.7.